The van der Waals surface area contributed by atoms with E-state index in [-0.39, 0.29) is 18.6 Å². The lowest BCUT2D eigenvalue weighted by molar-refractivity contribution is 0.0939. The Morgan fingerprint density at radius 3 is 2.41 bits per heavy atom. The fourth-order valence-electron chi connectivity index (χ4n) is 2.93. The number of ether oxygens (including phenoxy) is 2. The summed E-state index contributed by atoms with van der Waals surface area (Å²) in [6.45, 7) is 4.70. The largest absolute Gasteiger partial charge is 0.493 e. The quantitative estimate of drug-likeness (QED) is 0.510. The molecule has 0 bridgehead atoms. The Hall–Kier alpha value is -2.98. The van der Waals surface area contributed by atoms with Gasteiger partial charge in [-0.15, -0.1) is 0 Å². The van der Waals surface area contributed by atoms with E-state index in [4.69, 9.17) is 21.1 Å². The van der Waals surface area contributed by atoms with E-state index >= 15 is 0 Å². The molecule has 0 aliphatic carbocycles. The third kappa shape index (κ3) is 5.75. The van der Waals surface area contributed by atoms with E-state index in [1.54, 1.807) is 30.3 Å². The minimum atomic E-state index is -0.142. The fraction of sp³-hybridized carbons (Fsp3) is 0.208. The minimum Gasteiger partial charge on any atom is -0.493 e. The predicted molar refractivity (Wildman–Crippen MR) is 116 cm³/mol. The van der Waals surface area contributed by atoms with Crippen LogP contribution in [0.5, 0.6) is 11.5 Å². The second-order valence-corrected chi connectivity index (χ2v) is 7.04. The molecule has 3 rings (SSSR count). The molecule has 0 aromatic heterocycles. The smallest absolute Gasteiger partial charge is 0.251 e. The van der Waals surface area contributed by atoms with Crippen molar-refractivity contribution in [3.05, 3.63) is 94.5 Å². The van der Waals surface area contributed by atoms with E-state index < -0.39 is 0 Å². The first kappa shape index (κ1) is 20.7. The molecular formula is C24H24ClNO3. The first-order valence-corrected chi connectivity index (χ1v) is 9.94. The second kappa shape index (κ2) is 9.99. The van der Waals surface area contributed by atoms with Crippen LogP contribution in [-0.4, -0.2) is 12.5 Å². The monoisotopic (exact) mass is 409 g/mol. The van der Waals surface area contributed by atoms with Crippen LogP contribution in [-0.2, 0) is 6.61 Å². The average molecular weight is 410 g/mol. The molecule has 150 valence electrons. The number of nitrogens with one attached hydrogen (secondary N) is 1. The molecule has 0 radical (unpaired) electrons. The lowest BCUT2D eigenvalue weighted by Crippen LogP contribution is -2.26. The van der Waals surface area contributed by atoms with E-state index in [9.17, 15) is 4.79 Å². The summed E-state index contributed by atoms with van der Waals surface area (Å²) in [5, 5.41) is 3.69. The SMILES string of the molecule is CCOc1ccc(C(=O)NC(C)c2ccccc2)cc1COc1ccc(Cl)cc1. The Morgan fingerprint density at radius 2 is 1.72 bits per heavy atom. The summed E-state index contributed by atoms with van der Waals surface area (Å²) in [5.74, 6) is 1.26. The number of hydrogen-bond acceptors (Lipinski definition) is 3. The van der Waals surface area contributed by atoms with Gasteiger partial charge in [0.05, 0.1) is 12.6 Å². The Kier molecular flexibility index (Phi) is 7.14. The Balaban J connectivity index is 1.74. The number of benzene rings is 3. The van der Waals surface area contributed by atoms with Crippen molar-refractivity contribution in [3.8, 4) is 11.5 Å². The van der Waals surface area contributed by atoms with Crippen LogP contribution >= 0.6 is 11.6 Å². The summed E-state index contributed by atoms with van der Waals surface area (Å²) >= 11 is 5.92. The van der Waals surface area contributed by atoms with Gasteiger partial charge in [-0.3, -0.25) is 4.79 Å². The average Bonchev–Trinajstić information content (AvgIpc) is 2.75. The Labute approximate surface area is 176 Å². The van der Waals surface area contributed by atoms with E-state index in [1.165, 1.54) is 0 Å². The van der Waals surface area contributed by atoms with Crippen LogP contribution in [0.15, 0.2) is 72.8 Å². The van der Waals surface area contributed by atoms with E-state index in [1.807, 2.05) is 56.3 Å². The summed E-state index contributed by atoms with van der Waals surface area (Å²) in [4.78, 5) is 12.8. The molecule has 5 heteroatoms. The van der Waals surface area contributed by atoms with Crippen molar-refractivity contribution in [2.75, 3.05) is 6.61 Å². The minimum absolute atomic E-state index is 0.0935. The lowest BCUT2D eigenvalue weighted by atomic mass is 10.1. The molecule has 1 unspecified atom stereocenters. The van der Waals surface area contributed by atoms with Gasteiger partial charge < -0.3 is 14.8 Å². The molecule has 1 N–H and O–H groups in total. The molecule has 3 aromatic carbocycles. The van der Waals surface area contributed by atoms with Crippen LogP contribution in [0.2, 0.25) is 5.02 Å². The maximum Gasteiger partial charge on any atom is 0.251 e. The maximum absolute atomic E-state index is 12.8. The van der Waals surface area contributed by atoms with Gasteiger partial charge in [0.2, 0.25) is 0 Å². The molecule has 1 atom stereocenters. The third-order valence-corrected chi connectivity index (χ3v) is 4.73. The van der Waals surface area contributed by atoms with Crippen molar-refractivity contribution < 1.29 is 14.3 Å². The highest BCUT2D eigenvalue weighted by Gasteiger charge is 2.14. The van der Waals surface area contributed by atoms with Gasteiger partial charge in [-0.2, -0.15) is 0 Å². The summed E-state index contributed by atoms with van der Waals surface area (Å²) < 4.78 is 11.5. The number of carbonyl (C=O) groups is 1. The number of halogens is 1. The van der Waals surface area contributed by atoms with Crippen LogP contribution in [0.4, 0.5) is 0 Å². The molecule has 0 saturated heterocycles. The molecule has 3 aromatic rings. The normalized spacial score (nSPS) is 11.6. The van der Waals surface area contributed by atoms with Gasteiger partial charge in [0.1, 0.15) is 18.1 Å². The molecule has 0 spiro atoms. The standard InChI is InChI=1S/C24H24ClNO3/c1-3-28-23-14-9-19(24(27)26-17(2)18-7-5-4-6-8-18)15-20(23)16-29-22-12-10-21(25)11-13-22/h4-15,17H,3,16H2,1-2H3,(H,26,27). The lowest BCUT2D eigenvalue weighted by Gasteiger charge is -2.16. The van der Waals surface area contributed by atoms with Gasteiger partial charge in [-0.25, -0.2) is 0 Å². The van der Waals surface area contributed by atoms with Gasteiger partial charge in [0.25, 0.3) is 5.91 Å². The predicted octanol–water partition coefficient (Wildman–Crippen LogP) is 5.81. The van der Waals surface area contributed by atoms with Gasteiger partial charge in [0.15, 0.2) is 0 Å². The molecule has 0 aliphatic rings. The molecule has 0 heterocycles. The van der Waals surface area contributed by atoms with Crippen molar-refractivity contribution in [2.45, 2.75) is 26.5 Å². The van der Waals surface area contributed by atoms with E-state index in [0.717, 1.165) is 11.1 Å². The highest BCUT2D eigenvalue weighted by Crippen LogP contribution is 2.24. The zero-order valence-corrected chi connectivity index (χ0v) is 17.3. The second-order valence-electron chi connectivity index (χ2n) is 6.60. The van der Waals surface area contributed by atoms with Crippen LogP contribution in [0, 0.1) is 0 Å². The van der Waals surface area contributed by atoms with Gasteiger partial charge in [-0.1, -0.05) is 41.9 Å². The van der Waals surface area contributed by atoms with Crippen molar-refractivity contribution in [1.29, 1.82) is 0 Å². The third-order valence-electron chi connectivity index (χ3n) is 4.48. The highest BCUT2D eigenvalue weighted by molar-refractivity contribution is 6.30. The first-order valence-electron chi connectivity index (χ1n) is 9.56. The topological polar surface area (TPSA) is 47.6 Å². The zero-order chi connectivity index (χ0) is 20.6. The van der Waals surface area contributed by atoms with Crippen LogP contribution < -0.4 is 14.8 Å². The summed E-state index contributed by atoms with van der Waals surface area (Å²) in [6.07, 6.45) is 0. The number of amides is 1. The molecule has 0 fully saturated rings. The Bertz CT molecular complexity index is 942. The highest BCUT2D eigenvalue weighted by atomic mass is 35.5. The maximum atomic E-state index is 12.8. The van der Waals surface area contributed by atoms with Crippen LogP contribution in [0.1, 0.15) is 41.4 Å². The molecule has 4 nitrogen and oxygen atoms in total. The summed E-state index contributed by atoms with van der Waals surface area (Å²) in [5.41, 5.74) is 2.42. The van der Waals surface area contributed by atoms with E-state index in [2.05, 4.69) is 5.32 Å². The fourth-order valence-corrected chi connectivity index (χ4v) is 3.05. The molecule has 0 saturated carbocycles. The molecular weight excluding hydrogens is 386 g/mol. The first-order chi connectivity index (χ1) is 14.1. The number of hydrogen-bond donors (Lipinski definition) is 1. The molecule has 29 heavy (non-hydrogen) atoms. The van der Waals surface area contributed by atoms with Gasteiger partial charge in [0, 0.05) is 16.1 Å². The summed E-state index contributed by atoms with van der Waals surface area (Å²) in [6, 6.07) is 22.3. The molecule has 0 aliphatic heterocycles. The number of rotatable bonds is 8. The van der Waals surface area contributed by atoms with Crippen molar-refractivity contribution in [1.82, 2.24) is 5.32 Å². The van der Waals surface area contributed by atoms with Crippen molar-refractivity contribution >= 4 is 17.5 Å². The van der Waals surface area contributed by atoms with Gasteiger partial charge >= 0.3 is 0 Å². The molecule has 1 amide bonds. The van der Waals surface area contributed by atoms with E-state index in [0.29, 0.717) is 28.7 Å². The number of carbonyl (C=O) groups excluding carboxylic acids is 1. The van der Waals surface area contributed by atoms with Crippen LogP contribution in [0.25, 0.3) is 0 Å². The van der Waals surface area contributed by atoms with Crippen molar-refractivity contribution in [2.24, 2.45) is 0 Å². The summed E-state index contributed by atoms with van der Waals surface area (Å²) in [7, 11) is 0. The Morgan fingerprint density at radius 1 is 1.00 bits per heavy atom. The van der Waals surface area contributed by atoms with Crippen LogP contribution in [0.3, 0.4) is 0 Å². The van der Waals surface area contributed by atoms with Crippen molar-refractivity contribution in [3.63, 3.8) is 0 Å². The van der Waals surface area contributed by atoms with Gasteiger partial charge in [-0.05, 0) is 61.9 Å². The zero-order valence-electron chi connectivity index (χ0n) is 16.5.